The molecule has 0 amide bonds. The Morgan fingerprint density at radius 2 is 1.67 bits per heavy atom. The minimum Gasteiger partial charge on any atom is -0.478 e. The Bertz CT molecular complexity index is 1190. The van der Waals surface area contributed by atoms with E-state index in [-0.39, 0.29) is 28.4 Å². The van der Waals surface area contributed by atoms with Gasteiger partial charge in [-0.25, -0.2) is 13.2 Å². The Labute approximate surface area is 173 Å². The second kappa shape index (κ2) is 8.34. The van der Waals surface area contributed by atoms with Crippen LogP contribution in [0.25, 0.3) is 0 Å². The fourth-order valence-electron chi connectivity index (χ4n) is 2.86. The summed E-state index contributed by atoms with van der Waals surface area (Å²) in [6, 6.07) is 17.4. The van der Waals surface area contributed by atoms with Crippen molar-refractivity contribution < 1.29 is 23.2 Å². The predicted octanol–water partition coefficient (Wildman–Crippen LogP) is 4.00. The Balaban J connectivity index is 2.08. The van der Waals surface area contributed by atoms with Crippen molar-refractivity contribution in [2.24, 2.45) is 0 Å². The van der Waals surface area contributed by atoms with Gasteiger partial charge in [-0.3, -0.25) is 14.4 Å². The topological polar surface area (TPSA) is 118 Å². The summed E-state index contributed by atoms with van der Waals surface area (Å²) in [5, 5.41) is 20.2. The molecule has 0 aliphatic carbocycles. The van der Waals surface area contributed by atoms with Gasteiger partial charge in [0.1, 0.15) is 0 Å². The fourth-order valence-corrected chi connectivity index (χ4v) is 4.31. The molecular weight excluding hydrogens is 408 g/mol. The molecule has 0 spiro atoms. The molecule has 8 nitrogen and oxygen atoms in total. The van der Waals surface area contributed by atoms with Crippen LogP contribution in [0.5, 0.6) is 0 Å². The number of sulfonamides is 1. The van der Waals surface area contributed by atoms with E-state index in [1.165, 1.54) is 54.6 Å². The standard InChI is InChI=1S/C21H18N2O6S/c1-15-5-11-20(12-6-15)30(28,29)22(18-9-7-17(8-10-18)21(24)25)14-16-3-2-4-19(13-16)23(26)27/h2-13H,14H2,1H3,(H,24,25). The van der Waals surface area contributed by atoms with E-state index in [2.05, 4.69) is 0 Å². The van der Waals surface area contributed by atoms with Gasteiger partial charge in [0.05, 0.1) is 27.6 Å². The maximum atomic E-state index is 13.4. The van der Waals surface area contributed by atoms with Gasteiger partial charge in [0.15, 0.2) is 0 Å². The van der Waals surface area contributed by atoms with Gasteiger partial charge in [0.25, 0.3) is 15.7 Å². The van der Waals surface area contributed by atoms with Crippen molar-refractivity contribution in [3.8, 4) is 0 Å². The number of hydrogen-bond acceptors (Lipinski definition) is 5. The fraction of sp³-hybridized carbons (Fsp3) is 0.0952. The zero-order valence-electron chi connectivity index (χ0n) is 15.9. The molecule has 3 rings (SSSR count). The van der Waals surface area contributed by atoms with Crippen molar-refractivity contribution in [2.75, 3.05) is 4.31 Å². The minimum absolute atomic E-state index is 0.0155. The highest BCUT2D eigenvalue weighted by Gasteiger charge is 2.26. The summed E-state index contributed by atoms with van der Waals surface area (Å²) in [6.45, 7) is 1.67. The lowest BCUT2D eigenvalue weighted by Crippen LogP contribution is -2.30. The molecule has 3 aromatic carbocycles. The number of aromatic carboxylic acids is 1. The van der Waals surface area contributed by atoms with E-state index in [4.69, 9.17) is 5.11 Å². The lowest BCUT2D eigenvalue weighted by atomic mass is 10.2. The van der Waals surface area contributed by atoms with Crippen LogP contribution >= 0.6 is 0 Å². The number of nitrogens with zero attached hydrogens (tertiary/aromatic N) is 2. The van der Waals surface area contributed by atoms with E-state index >= 15 is 0 Å². The second-order valence-electron chi connectivity index (χ2n) is 6.60. The summed E-state index contributed by atoms with van der Waals surface area (Å²) < 4.78 is 27.8. The van der Waals surface area contributed by atoms with Gasteiger partial charge in [-0.05, 0) is 48.9 Å². The highest BCUT2D eigenvalue weighted by molar-refractivity contribution is 7.92. The van der Waals surface area contributed by atoms with Gasteiger partial charge in [-0.2, -0.15) is 0 Å². The Kier molecular flexibility index (Phi) is 5.84. The lowest BCUT2D eigenvalue weighted by molar-refractivity contribution is -0.384. The smallest absolute Gasteiger partial charge is 0.335 e. The highest BCUT2D eigenvalue weighted by atomic mass is 32.2. The number of aryl methyl sites for hydroxylation is 1. The highest BCUT2D eigenvalue weighted by Crippen LogP contribution is 2.27. The van der Waals surface area contributed by atoms with Crippen LogP contribution in [0, 0.1) is 17.0 Å². The third kappa shape index (κ3) is 4.47. The van der Waals surface area contributed by atoms with E-state index in [0.717, 1.165) is 9.87 Å². The number of non-ortho nitro benzene ring substituents is 1. The molecule has 3 aromatic rings. The van der Waals surface area contributed by atoms with Crippen LogP contribution in [0.15, 0.2) is 77.7 Å². The summed E-state index contributed by atoms with van der Waals surface area (Å²) in [6.07, 6.45) is 0. The zero-order chi connectivity index (χ0) is 21.9. The quantitative estimate of drug-likeness (QED) is 0.451. The van der Waals surface area contributed by atoms with Crippen LogP contribution < -0.4 is 4.31 Å². The Morgan fingerprint density at radius 1 is 1.03 bits per heavy atom. The van der Waals surface area contributed by atoms with Crippen molar-refractivity contribution in [3.63, 3.8) is 0 Å². The zero-order valence-corrected chi connectivity index (χ0v) is 16.7. The third-order valence-electron chi connectivity index (χ3n) is 4.46. The molecule has 30 heavy (non-hydrogen) atoms. The monoisotopic (exact) mass is 426 g/mol. The van der Waals surface area contributed by atoms with Crippen LogP contribution in [0.1, 0.15) is 21.5 Å². The van der Waals surface area contributed by atoms with Crippen LogP contribution in [-0.4, -0.2) is 24.4 Å². The maximum absolute atomic E-state index is 13.4. The van der Waals surface area contributed by atoms with Crippen molar-refractivity contribution in [1.29, 1.82) is 0 Å². The molecule has 0 saturated carbocycles. The summed E-state index contributed by atoms with van der Waals surface area (Å²) in [4.78, 5) is 21.7. The van der Waals surface area contributed by atoms with Gasteiger partial charge in [0, 0.05) is 12.1 Å². The summed E-state index contributed by atoms with van der Waals surface area (Å²) in [7, 11) is -4.02. The molecule has 0 atom stereocenters. The van der Waals surface area contributed by atoms with Crippen LogP contribution in [-0.2, 0) is 16.6 Å². The molecule has 0 aliphatic heterocycles. The molecule has 0 unspecified atom stereocenters. The van der Waals surface area contributed by atoms with Crippen molar-refractivity contribution in [3.05, 3.63) is 99.6 Å². The number of nitro groups is 1. The molecule has 1 N–H and O–H groups in total. The Hall–Kier alpha value is -3.72. The summed E-state index contributed by atoms with van der Waals surface area (Å²) in [5.74, 6) is -1.13. The number of carbonyl (C=O) groups is 1. The van der Waals surface area contributed by atoms with E-state index in [0.29, 0.717) is 5.56 Å². The number of anilines is 1. The second-order valence-corrected chi connectivity index (χ2v) is 8.47. The predicted molar refractivity (Wildman–Crippen MR) is 111 cm³/mol. The summed E-state index contributed by atoms with van der Waals surface area (Å²) >= 11 is 0. The van der Waals surface area contributed by atoms with Gasteiger partial charge in [0.2, 0.25) is 0 Å². The molecule has 0 heterocycles. The van der Waals surface area contributed by atoms with Crippen molar-refractivity contribution in [2.45, 2.75) is 18.4 Å². The molecule has 0 radical (unpaired) electrons. The van der Waals surface area contributed by atoms with Gasteiger partial charge in [-0.15, -0.1) is 0 Å². The first kappa shape index (κ1) is 21.0. The average Bonchev–Trinajstić information content (AvgIpc) is 2.72. The first-order chi connectivity index (χ1) is 14.2. The normalized spacial score (nSPS) is 11.1. The average molecular weight is 426 g/mol. The number of hydrogen-bond donors (Lipinski definition) is 1. The molecule has 0 aromatic heterocycles. The number of nitro benzene ring substituents is 1. The number of rotatable bonds is 7. The van der Waals surface area contributed by atoms with E-state index in [1.54, 1.807) is 18.2 Å². The molecule has 154 valence electrons. The molecule has 0 saturated heterocycles. The van der Waals surface area contributed by atoms with Crippen LogP contribution in [0.2, 0.25) is 0 Å². The van der Waals surface area contributed by atoms with Crippen LogP contribution in [0.4, 0.5) is 11.4 Å². The molecular formula is C21H18N2O6S. The molecule has 0 fully saturated rings. The maximum Gasteiger partial charge on any atom is 0.335 e. The van der Waals surface area contributed by atoms with Gasteiger partial charge >= 0.3 is 5.97 Å². The van der Waals surface area contributed by atoms with Gasteiger partial charge in [-0.1, -0.05) is 29.8 Å². The first-order valence-electron chi connectivity index (χ1n) is 8.84. The van der Waals surface area contributed by atoms with E-state index < -0.39 is 20.9 Å². The number of benzene rings is 3. The van der Waals surface area contributed by atoms with E-state index in [1.807, 2.05) is 6.92 Å². The largest absolute Gasteiger partial charge is 0.478 e. The number of carboxylic acid groups (broad SMARTS) is 1. The Morgan fingerprint density at radius 3 is 2.23 bits per heavy atom. The molecule has 0 aliphatic rings. The van der Waals surface area contributed by atoms with E-state index in [9.17, 15) is 23.3 Å². The van der Waals surface area contributed by atoms with Crippen LogP contribution in [0.3, 0.4) is 0 Å². The third-order valence-corrected chi connectivity index (χ3v) is 6.25. The lowest BCUT2D eigenvalue weighted by Gasteiger charge is -2.25. The SMILES string of the molecule is Cc1ccc(S(=O)(=O)N(Cc2cccc([N+](=O)[O-])c2)c2ccc(C(=O)O)cc2)cc1. The molecule has 0 bridgehead atoms. The van der Waals surface area contributed by atoms with Crippen molar-refractivity contribution >= 4 is 27.4 Å². The first-order valence-corrected chi connectivity index (χ1v) is 10.3. The number of carboxylic acids is 1. The molecule has 9 heteroatoms. The van der Waals surface area contributed by atoms with Gasteiger partial charge < -0.3 is 5.11 Å². The minimum atomic E-state index is -4.02. The summed E-state index contributed by atoms with van der Waals surface area (Å²) in [5.41, 5.74) is 1.42. The van der Waals surface area contributed by atoms with Crippen molar-refractivity contribution in [1.82, 2.24) is 0 Å².